The lowest BCUT2D eigenvalue weighted by molar-refractivity contribution is -0.137. The van der Waals surface area contributed by atoms with Crippen LogP contribution in [0.1, 0.15) is 164 Å². The number of hydrogen-bond donors (Lipinski definition) is 1. The van der Waals surface area contributed by atoms with Gasteiger partial charge < -0.3 is 31.7 Å². The van der Waals surface area contributed by atoms with Gasteiger partial charge in [0, 0.05) is 69.7 Å². The molecule has 0 amide bonds. The first-order chi connectivity index (χ1) is 24.3. The molecule has 0 fully saturated rings. The molecule has 0 radical (unpaired) electrons. The van der Waals surface area contributed by atoms with Crippen LogP contribution in [0.4, 0.5) is 0 Å². The first-order valence-electron chi connectivity index (χ1n) is 20.0. The van der Waals surface area contributed by atoms with Gasteiger partial charge in [0.25, 0.3) is 0 Å². The standard InChI is InChI=1S/C18H42O6S4Si2.C18H36O2/c1-7-19-29(20-8-2,21-9-3)17-13-15-25-27-28-26-16-14-18-30(22-10-4,23-11-5)24-12-6;1-2-3-4-5-6-7-8-9-10-11-12-13-14-15-16-17-18(19)20/h7-18H2,1-6H3;2-17H2,1H3,(H,19,20). The number of aliphatic carboxylic acids is 1. The van der Waals surface area contributed by atoms with Crippen molar-refractivity contribution in [1.29, 1.82) is 0 Å². The van der Waals surface area contributed by atoms with Gasteiger partial charge in [-0.3, -0.25) is 4.79 Å². The summed E-state index contributed by atoms with van der Waals surface area (Å²) in [5, 5.41) is 8.52. The van der Waals surface area contributed by atoms with Crippen LogP contribution in [0.25, 0.3) is 0 Å². The largest absolute Gasteiger partial charge is 0.500 e. The molecular formula is C36H78O8S4Si2. The molecule has 0 aliphatic rings. The molecule has 0 aromatic rings. The van der Waals surface area contributed by atoms with E-state index >= 15 is 0 Å². The number of carboxylic acids is 1. The zero-order valence-electron chi connectivity index (χ0n) is 33.2. The summed E-state index contributed by atoms with van der Waals surface area (Å²) < 4.78 is 35.4. The molecule has 8 nitrogen and oxygen atoms in total. The monoisotopic (exact) mass is 822 g/mol. The van der Waals surface area contributed by atoms with Gasteiger partial charge >= 0.3 is 23.6 Å². The molecule has 0 spiro atoms. The molecule has 1 N–H and O–H groups in total. The first kappa shape index (κ1) is 53.2. The van der Waals surface area contributed by atoms with Crippen molar-refractivity contribution in [3.05, 3.63) is 0 Å². The van der Waals surface area contributed by atoms with Crippen LogP contribution >= 0.6 is 41.2 Å². The molecule has 0 saturated carbocycles. The third-order valence-electron chi connectivity index (χ3n) is 7.72. The molecule has 0 unspecified atom stereocenters. The summed E-state index contributed by atoms with van der Waals surface area (Å²) in [5.41, 5.74) is 0. The normalized spacial score (nSPS) is 11.9. The highest BCUT2D eigenvalue weighted by molar-refractivity contribution is 9.26. The molecule has 0 aliphatic carbocycles. The average Bonchev–Trinajstić information content (AvgIpc) is 3.08. The van der Waals surface area contributed by atoms with Gasteiger partial charge in [0.05, 0.1) is 0 Å². The minimum atomic E-state index is -2.49. The van der Waals surface area contributed by atoms with E-state index in [1.165, 1.54) is 83.5 Å². The fourth-order valence-corrected chi connectivity index (χ4v) is 17.3. The lowest BCUT2D eigenvalue weighted by atomic mass is 10.0. The van der Waals surface area contributed by atoms with Crippen LogP contribution in [0.15, 0.2) is 0 Å². The van der Waals surface area contributed by atoms with E-state index in [1.54, 1.807) is 0 Å². The van der Waals surface area contributed by atoms with Gasteiger partial charge in [-0.05, 0) is 80.5 Å². The molecule has 302 valence electrons. The summed E-state index contributed by atoms with van der Waals surface area (Å²) in [5.74, 6) is 1.48. The quantitative estimate of drug-likeness (QED) is 0.0363. The van der Waals surface area contributed by atoms with Crippen molar-refractivity contribution >= 4 is 64.8 Å². The van der Waals surface area contributed by atoms with Crippen molar-refractivity contribution < 1.29 is 36.5 Å². The van der Waals surface area contributed by atoms with Gasteiger partial charge in [-0.15, -0.1) is 0 Å². The second kappa shape index (κ2) is 41.2. The Morgan fingerprint density at radius 2 is 0.720 bits per heavy atom. The van der Waals surface area contributed by atoms with Gasteiger partial charge in [-0.2, -0.15) is 0 Å². The maximum Gasteiger partial charge on any atom is 0.500 e. The number of carbonyl (C=O) groups is 1. The van der Waals surface area contributed by atoms with E-state index in [-0.39, 0.29) is 0 Å². The minimum absolute atomic E-state index is 0.345. The van der Waals surface area contributed by atoms with Crippen LogP contribution in [0, 0.1) is 0 Å². The summed E-state index contributed by atoms with van der Waals surface area (Å²) in [7, 11) is 2.48. The maximum absolute atomic E-state index is 10.3. The fraction of sp³-hybridized carbons (Fsp3) is 0.972. The van der Waals surface area contributed by atoms with Crippen LogP contribution in [0.3, 0.4) is 0 Å². The van der Waals surface area contributed by atoms with Crippen LogP contribution in [-0.4, -0.2) is 79.8 Å². The van der Waals surface area contributed by atoms with Crippen molar-refractivity contribution in [3.63, 3.8) is 0 Å². The van der Waals surface area contributed by atoms with E-state index in [2.05, 4.69) is 6.92 Å². The lowest BCUT2D eigenvalue weighted by Gasteiger charge is -2.28. The molecule has 14 heteroatoms. The van der Waals surface area contributed by atoms with Gasteiger partial charge in [-0.25, -0.2) is 0 Å². The zero-order chi connectivity index (χ0) is 37.4. The molecular weight excluding hydrogens is 745 g/mol. The molecule has 0 aromatic carbocycles. The number of unbranched alkanes of at least 4 members (excludes halogenated alkanes) is 14. The zero-order valence-corrected chi connectivity index (χ0v) is 38.5. The highest BCUT2D eigenvalue weighted by Gasteiger charge is 2.40. The first-order valence-corrected chi connectivity index (χ1v) is 29.0. The summed E-state index contributed by atoms with van der Waals surface area (Å²) in [4.78, 5) is 10.3. The third-order valence-corrected chi connectivity index (χ3v) is 20.7. The Hall–Kier alpha value is 1.06. The highest BCUT2D eigenvalue weighted by atomic mass is 33.7. The SMILES string of the molecule is CCCCCCCCCCCCCCCCCC(=O)O.CCO[Si](CCCSSSSCCC[Si](OCC)(OCC)OCC)(OCC)OCC. The Balaban J connectivity index is 0. The Morgan fingerprint density at radius 1 is 0.440 bits per heavy atom. The second-order valence-electron chi connectivity index (χ2n) is 12.0. The van der Waals surface area contributed by atoms with Crippen LogP contribution in [-0.2, 0) is 31.4 Å². The number of rotatable bonds is 39. The molecule has 50 heavy (non-hydrogen) atoms. The summed E-state index contributed by atoms with van der Waals surface area (Å²) >= 11 is 0. The third kappa shape index (κ3) is 34.8. The van der Waals surface area contributed by atoms with Crippen molar-refractivity contribution in [2.75, 3.05) is 51.1 Å². The molecule has 0 bridgehead atoms. The molecule has 0 rings (SSSR count). The predicted molar refractivity (Wildman–Crippen MR) is 227 cm³/mol. The van der Waals surface area contributed by atoms with Crippen molar-refractivity contribution in [2.24, 2.45) is 0 Å². The molecule has 0 heterocycles. The smallest absolute Gasteiger partial charge is 0.481 e. The maximum atomic E-state index is 10.3. The Morgan fingerprint density at radius 3 is 0.980 bits per heavy atom. The van der Waals surface area contributed by atoms with Crippen molar-refractivity contribution in [2.45, 2.75) is 176 Å². The Labute approximate surface area is 326 Å². The Kier molecular flexibility index (Phi) is 43.8. The fourth-order valence-electron chi connectivity index (χ4n) is 5.45. The van der Waals surface area contributed by atoms with Gasteiger partial charge in [-0.1, -0.05) is 118 Å². The number of hydrogen-bond acceptors (Lipinski definition) is 11. The van der Waals surface area contributed by atoms with E-state index in [4.69, 9.17) is 31.7 Å². The number of carboxylic acid groups (broad SMARTS) is 1. The predicted octanol–water partition coefficient (Wildman–Crippen LogP) is 12.9. The van der Waals surface area contributed by atoms with Crippen LogP contribution < -0.4 is 0 Å². The lowest BCUT2D eigenvalue weighted by Crippen LogP contribution is -2.46. The molecule has 0 saturated heterocycles. The van der Waals surface area contributed by atoms with E-state index in [0.717, 1.165) is 49.3 Å². The molecule has 0 aromatic heterocycles. The molecule has 0 aliphatic heterocycles. The van der Waals surface area contributed by atoms with Gasteiger partial charge in [0.2, 0.25) is 0 Å². The average molecular weight is 823 g/mol. The van der Waals surface area contributed by atoms with E-state index < -0.39 is 23.6 Å². The molecule has 0 atom stereocenters. The van der Waals surface area contributed by atoms with Crippen molar-refractivity contribution in [1.82, 2.24) is 0 Å². The summed E-state index contributed by atoms with van der Waals surface area (Å²) in [6, 6.07) is 1.76. The van der Waals surface area contributed by atoms with E-state index in [9.17, 15) is 4.79 Å². The van der Waals surface area contributed by atoms with Crippen molar-refractivity contribution in [3.8, 4) is 0 Å². The summed E-state index contributed by atoms with van der Waals surface area (Å²) in [6.07, 6.45) is 22.3. The van der Waals surface area contributed by atoms with Crippen LogP contribution in [0.5, 0.6) is 0 Å². The minimum Gasteiger partial charge on any atom is -0.481 e. The van der Waals surface area contributed by atoms with Gasteiger partial charge in [0.15, 0.2) is 0 Å². The van der Waals surface area contributed by atoms with E-state index in [0.29, 0.717) is 46.1 Å². The second-order valence-corrected chi connectivity index (χ2v) is 23.7. The van der Waals surface area contributed by atoms with Crippen LogP contribution in [0.2, 0.25) is 12.1 Å². The van der Waals surface area contributed by atoms with E-state index in [1.807, 2.05) is 82.8 Å². The summed E-state index contributed by atoms with van der Waals surface area (Å²) in [6.45, 7) is 18.1. The topological polar surface area (TPSA) is 92.7 Å². The van der Waals surface area contributed by atoms with Gasteiger partial charge in [0.1, 0.15) is 0 Å². The highest BCUT2D eigenvalue weighted by Crippen LogP contribution is 2.44. The Bertz CT molecular complexity index is 636.